The lowest BCUT2D eigenvalue weighted by Gasteiger charge is -2.23. The molecule has 4 rings (SSSR count). The van der Waals surface area contributed by atoms with E-state index in [0.29, 0.717) is 30.3 Å². The molecule has 0 radical (unpaired) electrons. The normalized spacial score (nSPS) is 24.8. The van der Waals surface area contributed by atoms with E-state index < -0.39 is 11.9 Å². The number of halogens is 2. The van der Waals surface area contributed by atoms with Gasteiger partial charge in [0.2, 0.25) is 0 Å². The van der Waals surface area contributed by atoms with E-state index in [4.69, 9.17) is 4.74 Å². The van der Waals surface area contributed by atoms with Crippen molar-refractivity contribution >= 4 is 16.7 Å². The average molecular weight is 292 g/mol. The van der Waals surface area contributed by atoms with Crippen molar-refractivity contribution in [1.82, 2.24) is 15.0 Å². The van der Waals surface area contributed by atoms with Crippen LogP contribution in [0.3, 0.4) is 0 Å². The summed E-state index contributed by atoms with van der Waals surface area (Å²) < 4.78 is 33.4. The second kappa shape index (κ2) is 4.56. The van der Waals surface area contributed by atoms with Crippen molar-refractivity contribution in [2.75, 3.05) is 24.7 Å². The summed E-state index contributed by atoms with van der Waals surface area (Å²) in [6.45, 7) is 3.42. The van der Waals surface area contributed by atoms with Gasteiger partial charge in [-0.05, 0) is 13.3 Å². The van der Waals surface area contributed by atoms with Crippen molar-refractivity contribution in [3.05, 3.63) is 23.8 Å². The van der Waals surface area contributed by atoms with Crippen LogP contribution >= 0.6 is 0 Å². The molecule has 7 heteroatoms. The maximum atomic E-state index is 14.2. The molecule has 1 saturated carbocycles. The standard InChI is InChI=1S/C14H14F2N4O/c1-7-11(15)12-9(5-17-7)13(19-14(16)18-12)20-2-3-21-6-8-4-10(8)20/h5,8,10H,2-4,6H2,1H3/t8-,10-/m1/s1. The monoisotopic (exact) mass is 292 g/mol. The van der Waals surface area contributed by atoms with Crippen LogP contribution in [0.25, 0.3) is 10.9 Å². The summed E-state index contributed by atoms with van der Waals surface area (Å²) in [6, 6.07) is 0.286. The van der Waals surface area contributed by atoms with E-state index in [9.17, 15) is 8.78 Å². The number of hydrogen-bond donors (Lipinski definition) is 0. The van der Waals surface area contributed by atoms with Crippen LogP contribution < -0.4 is 4.90 Å². The van der Waals surface area contributed by atoms with Gasteiger partial charge in [-0.15, -0.1) is 0 Å². The number of fused-ring (bicyclic) bond motifs is 2. The van der Waals surface area contributed by atoms with Crippen LogP contribution in [0.15, 0.2) is 6.20 Å². The Bertz CT molecular complexity index is 724. The Labute approximate surface area is 120 Å². The van der Waals surface area contributed by atoms with Crippen LogP contribution in [-0.2, 0) is 4.74 Å². The van der Waals surface area contributed by atoms with Crippen LogP contribution in [-0.4, -0.2) is 40.8 Å². The van der Waals surface area contributed by atoms with E-state index in [0.717, 1.165) is 13.0 Å². The minimum absolute atomic E-state index is 0.00707. The third-order valence-corrected chi connectivity index (χ3v) is 4.18. The van der Waals surface area contributed by atoms with Crippen LogP contribution in [0.2, 0.25) is 0 Å². The maximum absolute atomic E-state index is 14.2. The van der Waals surface area contributed by atoms with E-state index in [1.165, 1.54) is 13.1 Å². The molecule has 0 spiro atoms. The van der Waals surface area contributed by atoms with Crippen LogP contribution in [0.4, 0.5) is 14.6 Å². The topological polar surface area (TPSA) is 51.1 Å². The lowest BCUT2D eigenvalue weighted by molar-refractivity contribution is 0.139. The highest BCUT2D eigenvalue weighted by atomic mass is 19.1. The SMILES string of the molecule is Cc1ncc2c(N3CCOC[C@H]4C[C@H]43)nc(F)nc2c1F. The van der Waals surface area contributed by atoms with Gasteiger partial charge in [0.05, 0.1) is 24.3 Å². The zero-order valence-corrected chi connectivity index (χ0v) is 11.5. The number of anilines is 1. The van der Waals surface area contributed by atoms with Gasteiger partial charge < -0.3 is 9.64 Å². The predicted octanol–water partition coefficient (Wildman–Crippen LogP) is 1.84. The summed E-state index contributed by atoms with van der Waals surface area (Å²) in [4.78, 5) is 13.5. The summed E-state index contributed by atoms with van der Waals surface area (Å²) in [5, 5.41) is 0.451. The Morgan fingerprint density at radius 3 is 3.05 bits per heavy atom. The Kier molecular flexibility index (Phi) is 2.78. The molecule has 2 aromatic rings. The average Bonchev–Trinajstić information content (AvgIpc) is 3.22. The number of aromatic nitrogens is 3. The van der Waals surface area contributed by atoms with Gasteiger partial charge in [0, 0.05) is 24.7 Å². The van der Waals surface area contributed by atoms with Gasteiger partial charge in [0.1, 0.15) is 11.3 Å². The van der Waals surface area contributed by atoms with Crippen LogP contribution in [0, 0.1) is 24.7 Å². The van der Waals surface area contributed by atoms with Crippen molar-refractivity contribution in [1.29, 1.82) is 0 Å². The molecule has 1 saturated heterocycles. The van der Waals surface area contributed by atoms with Crippen molar-refractivity contribution in [2.45, 2.75) is 19.4 Å². The first-order chi connectivity index (χ1) is 10.1. The number of hydrogen-bond acceptors (Lipinski definition) is 5. The molecule has 0 aromatic carbocycles. The number of nitrogens with zero attached hydrogens (tertiary/aromatic N) is 4. The summed E-state index contributed by atoms with van der Waals surface area (Å²) in [5.74, 6) is 0.277. The Balaban J connectivity index is 1.90. The van der Waals surface area contributed by atoms with Gasteiger partial charge in [-0.1, -0.05) is 0 Å². The largest absolute Gasteiger partial charge is 0.379 e. The molecule has 0 N–H and O–H groups in total. The molecule has 0 unspecified atom stereocenters. The van der Waals surface area contributed by atoms with Crippen molar-refractivity contribution in [2.24, 2.45) is 5.92 Å². The van der Waals surface area contributed by atoms with E-state index in [2.05, 4.69) is 15.0 Å². The van der Waals surface area contributed by atoms with E-state index in [-0.39, 0.29) is 17.3 Å². The van der Waals surface area contributed by atoms with E-state index in [1.807, 2.05) is 4.90 Å². The summed E-state index contributed by atoms with van der Waals surface area (Å²) in [5.41, 5.74) is 0.197. The lowest BCUT2D eigenvalue weighted by Crippen LogP contribution is -2.30. The maximum Gasteiger partial charge on any atom is 0.311 e. The number of aryl methyl sites for hydroxylation is 1. The molecule has 2 aliphatic rings. The molecule has 0 amide bonds. The van der Waals surface area contributed by atoms with Gasteiger partial charge in [0.15, 0.2) is 5.82 Å². The van der Waals surface area contributed by atoms with E-state index in [1.54, 1.807) is 0 Å². The first-order valence-corrected chi connectivity index (χ1v) is 6.98. The molecule has 0 bridgehead atoms. The quantitative estimate of drug-likeness (QED) is 0.751. The highest BCUT2D eigenvalue weighted by Gasteiger charge is 2.44. The molecule has 3 heterocycles. The molecular weight excluding hydrogens is 278 g/mol. The first kappa shape index (κ1) is 12.8. The third kappa shape index (κ3) is 2.03. The minimum Gasteiger partial charge on any atom is -0.379 e. The summed E-state index contributed by atoms with van der Waals surface area (Å²) >= 11 is 0. The smallest absolute Gasteiger partial charge is 0.311 e. The van der Waals surface area contributed by atoms with Gasteiger partial charge in [0.25, 0.3) is 0 Å². The van der Waals surface area contributed by atoms with E-state index >= 15 is 0 Å². The minimum atomic E-state index is -0.913. The lowest BCUT2D eigenvalue weighted by atomic mass is 10.2. The second-order valence-corrected chi connectivity index (χ2v) is 5.57. The van der Waals surface area contributed by atoms with Gasteiger partial charge in [-0.25, -0.2) is 4.39 Å². The summed E-state index contributed by atoms with van der Waals surface area (Å²) in [7, 11) is 0. The van der Waals surface area contributed by atoms with Gasteiger partial charge >= 0.3 is 6.08 Å². The molecular formula is C14H14F2N4O. The number of ether oxygens (including phenoxy) is 1. The third-order valence-electron chi connectivity index (χ3n) is 4.18. The fraction of sp³-hybridized carbons (Fsp3) is 0.500. The zero-order valence-electron chi connectivity index (χ0n) is 11.5. The van der Waals surface area contributed by atoms with Gasteiger partial charge in [-0.3, -0.25) is 4.98 Å². The predicted molar refractivity (Wildman–Crippen MR) is 72.0 cm³/mol. The molecule has 21 heavy (non-hydrogen) atoms. The first-order valence-electron chi connectivity index (χ1n) is 6.98. The second-order valence-electron chi connectivity index (χ2n) is 5.57. The Morgan fingerprint density at radius 2 is 2.19 bits per heavy atom. The van der Waals surface area contributed by atoms with Crippen molar-refractivity contribution in [3.63, 3.8) is 0 Å². The molecule has 1 aliphatic heterocycles. The van der Waals surface area contributed by atoms with Crippen molar-refractivity contribution in [3.8, 4) is 0 Å². The highest BCUT2D eigenvalue weighted by Crippen LogP contribution is 2.41. The highest BCUT2D eigenvalue weighted by molar-refractivity contribution is 5.89. The van der Waals surface area contributed by atoms with Crippen molar-refractivity contribution < 1.29 is 13.5 Å². The summed E-state index contributed by atoms with van der Waals surface area (Å²) in [6.07, 6.45) is 1.60. The van der Waals surface area contributed by atoms with Crippen LogP contribution in [0.1, 0.15) is 12.1 Å². The molecule has 2 atom stereocenters. The number of pyridine rings is 1. The fourth-order valence-corrected chi connectivity index (χ4v) is 2.94. The molecule has 2 aromatic heterocycles. The van der Waals surface area contributed by atoms with Gasteiger partial charge in [-0.2, -0.15) is 14.4 Å². The Hall–Kier alpha value is -1.89. The fourth-order valence-electron chi connectivity index (χ4n) is 2.94. The van der Waals surface area contributed by atoms with Crippen LogP contribution in [0.5, 0.6) is 0 Å². The zero-order chi connectivity index (χ0) is 14.6. The Morgan fingerprint density at radius 1 is 1.33 bits per heavy atom. The molecule has 1 aliphatic carbocycles. The number of rotatable bonds is 1. The molecule has 5 nitrogen and oxygen atoms in total. The molecule has 2 fully saturated rings. The molecule has 110 valence electrons.